The minimum atomic E-state index is 0.546. The molecule has 0 aromatic rings. The van der Waals surface area contributed by atoms with Crippen molar-refractivity contribution in [3.05, 3.63) is 0 Å². The van der Waals surface area contributed by atoms with Crippen molar-refractivity contribution < 1.29 is 0 Å². The van der Waals surface area contributed by atoms with Crippen LogP contribution in [0, 0.1) is 0 Å². The molecule has 1 atom stereocenters. The Labute approximate surface area is 189 Å². The zero-order valence-electron chi connectivity index (χ0n) is 11.7. The van der Waals surface area contributed by atoms with Crippen LogP contribution in [0.1, 0.15) is 0 Å². The minimum absolute atomic E-state index is 0.546. The van der Waals surface area contributed by atoms with E-state index in [-0.39, 0.29) is 0 Å². The maximum absolute atomic E-state index is 4.39. The topological polar surface area (TPSA) is 0 Å². The summed E-state index contributed by atoms with van der Waals surface area (Å²) in [7, 11) is 3.98. The Balaban J connectivity index is 2.08. The summed E-state index contributed by atoms with van der Waals surface area (Å²) in [6, 6.07) is 0. The van der Waals surface area contributed by atoms with E-state index in [1.54, 1.807) is 0 Å². The Morgan fingerprint density at radius 2 is 1.36 bits per heavy atom. The van der Waals surface area contributed by atoms with Crippen molar-refractivity contribution in [2.75, 3.05) is 36.3 Å². The van der Waals surface area contributed by atoms with E-state index in [4.69, 9.17) is 0 Å². The highest BCUT2D eigenvalue weighted by atomic mass is 33.1. The van der Waals surface area contributed by atoms with Crippen LogP contribution < -0.4 is 0 Å². The van der Waals surface area contributed by atoms with Crippen molar-refractivity contribution in [2.24, 2.45) is 0 Å². The molecule has 0 amide bonds. The molecule has 1 saturated heterocycles. The van der Waals surface area contributed by atoms with Crippen LogP contribution >= 0.6 is 142 Å². The zero-order chi connectivity index (χ0) is 16.0. The highest BCUT2D eigenvalue weighted by Gasteiger charge is 2.22. The smallest absolute Gasteiger partial charge is 0.0729 e. The molecule has 1 aliphatic rings. The maximum atomic E-state index is 4.39. The summed E-state index contributed by atoms with van der Waals surface area (Å²) >= 11 is 27.2. The molecule has 22 heavy (non-hydrogen) atoms. The molecule has 132 valence electrons. The molecular formula is C10H20S12. The van der Waals surface area contributed by atoms with E-state index in [1.807, 2.05) is 68.6 Å². The maximum Gasteiger partial charge on any atom is 0.0729 e. The fourth-order valence-corrected chi connectivity index (χ4v) is 15.6. The molecule has 1 fully saturated rings. The van der Waals surface area contributed by atoms with Crippen LogP contribution in [0.25, 0.3) is 0 Å². The number of hydrogen-bond acceptors (Lipinski definition) is 12. The molecule has 1 aliphatic heterocycles. The van der Waals surface area contributed by atoms with Gasteiger partial charge in [0, 0.05) is 31.2 Å². The fourth-order valence-electron chi connectivity index (χ4n) is 1.23. The summed E-state index contributed by atoms with van der Waals surface area (Å²) in [4.78, 5) is 0. The molecule has 0 aromatic carbocycles. The lowest BCUT2D eigenvalue weighted by Gasteiger charge is -2.24. The summed E-state index contributed by atoms with van der Waals surface area (Å²) in [6.07, 6.45) is 0. The first-order chi connectivity index (χ1) is 10.8. The Bertz CT molecular complexity index is 244. The number of hydrogen-bond donors (Lipinski definition) is 3. The van der Waals surface area contributed by atoms with Crippen LogP contribution in [0.5, 0.6) is 0 Å². The van der Waals surface area contributed by atoms with E-state index in [2.05, 4.69) is 73.2 Å². The predicted molar refractivity (Wildman–Crippen MR) is 141 cm³/mol. The Morgan fingerprint density at radius 1 is 0.818 bits per heavy atom. The third kappa shape index (κ3) is 11.8. The monoisotopic (exact) mass is 524 g/mol. The quantitative estimate of drug-likeness (QED) is 0.0886. The lowest BCUT2D eigenvalue weighted by molar-refractivity contribution is 1.36. The second kappa shape index (κ2) is 17.3. The molecule has 1 heterocycles. The Morgan fingerprint density at radius 3 is 1.86 bits per heavy atom. The normalized spacial score (nSPS) is 16.9. The Hall–Kier alpha value is 4.20. The van der Waals surface area contributed by atoms with E-state index in [9.17, 15) is 0 Å². The van der Waals surface area contributed by atoms with Gasteiger partial charge in [-0.25, -0.2) is 0 Å². The second-order valence-electron chi connectivity index (χ2n) is 3.51. The molecule has 0 radical (unpaired) electrons. The molecule has 0 aromatic heterocycles. The first-order valence-electron chi connectivity index (χ1n) is 6.16. The fraction of sp³-hybridized carbons (Fsp3) is 1.00. The number of thiol groups is 3. The van der Waals surface area contributed by atoms with Gasteiger partial charge in [0.15, 0.2) is 0 Å². The predicted octanol–water partition coefficient (Wildman–Crippen LogP) is 7.03. The molecule has 0 spiro atoms. The summed E-state index contributed by atoms with van der Waals surface area (Å²) in [6.45, 7) is 0. The van der Waals surface area contributed by atoms with Crippen molar-refractivity contribution in [1.29, 1.82) is 0 Å². The van der Waals surface area contributed by atoms with E-state index in [1.165, 1.54) is 15.9 Å². The average Bonchev–Trinajstić information content (AvgIpc) is 2.47. The van der Waals surface area contributed by atoms with Crippen molar-refractivity contribution in [1.82, 2.24) is 0 Å². The van der Waals surface area contributed by atoms with Gasteiger partial charge in [-0.15, -0.1) is 82.3 Å². The van der Waals surface area contributed by atoms with Gasteiger partial charge in [0.05, 0.1) is 18.8 Å². The van der Waals surface area contributed by atoms with Crippen LogP contribution in [0.15, 0.2) is 0 Å². The standard InChI is InChI=1S/C10H20S12/c11-2-15-9(16-3-12)10(17-4-13)20-7-22-21-5-14-1-8-18-6-19-8/h8-13H,1-7H2. The van der Waals surface area contributed by atoms with Crippen molar-refractivity contribution >= 4 is 142 Å². The highest BCUT2D eigenvalue weighted by Crippen LogP contribution is 2.44. The molecule has 0 saturated carbocycles. The van der Waals surface area contributed by atoms with Gasteiger partial charge in [-0.1, -0.05) is 21.6 Å². The van der Waals surface area contributed by atoms with Crippen LogP contribution in [0.4, 0.5) is 0 Å². The van der Waals surface area contributed by atoms with Gasteiger partial charge in [0.2, 0.25) is 0 Å². The molecule has 0 nitrogen and oxygen atoms in total. The summed E-state index contributed by atoms with van der Waals surface area (Å²) in [5.41, 5.74) is 0. The van der Waals surface area contributed by atoms with E-state index in [0.29, 0.717) is 9.16 Å². The summed E-state index contributed by atoms with van der Waals surface area (Å²) < 4.78 is 1.97. The van der Waals surface area contributed by atoms with Gasteiger partial charge in [0.1, 0.15) is 0 Å². The van der Waals surface area contributed by atoms with Crippen LogP contribution in [0.2, 0.25) is 0 Å². The van der Waals surface area contributed by atoms with Gasteiger partial charge in [-0.05, 0) is 0 Å². The van der Waals surface area contributed by atoms with Crippen molar-refractivity contribution in [3.63, 3.8) is 0 Å². The van der Waals surface area contributed by atoms with Gasteiger partial charge in [-0.3, -0.25) is 0 Å². The van der Waals surface area contributed by atoms with Gasteiger partial charge in [0.25, 0.3) is 0 Å². The molecule has 0 aliphatic carbocycles. The first kappa shape index (κ1) is 24.2. The van der Waals surface area contributed by atoms with E-state index >= 15 is 0 Å². The van der Waals surface area contributed by atoms with Gasteiger partial charge >= 0.3 is 0 Å². The zero-order valence-corrected chi connectivity index (χ0v) is 21.7. The van der Waals surface area contributed by atoms with Crippen molar-refractivity contribution in [2.45, 2.75) is 13.7 Å². The molecule has 1 unspecified atom stereocenters. The third-order valence-electron chi connectivity index (χ3n) is 2.20. The summed E-state index contributed by atoms with van der Waals surface area (Å²) in [5, 5.41) is 6.24. The van der Waals surface area contributed by atoms with Crippen molar-refractivity contribution in [3.8, 4) is 0 Å². The largest absolute Gasteiger partial charge is 0.168 e. The molecule has 0 N–H and O–H groups in total. The van der Waals surface area contributed by atoms with Gasteiger partial charge in [-0.2, -0.15) is 37.9 Å². The first-order valence-corrected chi connectivity index (χ1v) is 18.0. The molecule has 12 heteroatoms. The van der Waals surface area contributed by atoms with Crippen LogP contribution in [-0.4, -0.2) is 50.0 Å². The average molecular weight is 525 g/mol. The lowest BCUT2D eigenvalue weighted by atomic mass is 10.9. The SMILES string of the molecule is SCSC(SCS)C(SCS)SCSSCSCC1SCS1. The van der Waals surface area contributed by atoms with E-state index < -0.39 is 0 Å². The summed E-state index contributed by atoms with van der Waals surface area (Å²) in [5.74, 6) is 1.30. The lowest BCUT2D eigenvalue weighted by Crippen LogP contribution is -2.14. The molecule has 1 rings (SSSR count). The molecular weight excluding hydrogens is 505 g/mol. The second-order valence-corrected chi connectivity index (χ2v) is 18.1. The minimum Gasteiger partial charge on any atom is -0.168 e. The highest BCUT2D eigenvalue weighted by molar-refractivity contribution is 8.79. The van der Waals surface area contributed by atoms with Gasteiger partial charge < -0.3 is 0 Å². The van der Waals surface area contributed by atoms with Crippen LogP contribution in [-0.2, 0) is 0 Å². The Kier molecular flexibility index (Phi) is 19.1. The molecule has 0 bridgehead atoms. The number of rotatable bonds is 15. The van der Waals surface area contributed by atoms with Crippen LogP contribution in [0.3, 0.4) is 0 Å². The third-order valence-corrected chi connectivity index (χ3v) is 17.1. The van der Waals surface area contributed by atoms with E-state index in [0.717, 1.165) is 24.9 Å². The number of thioether (sulfide) groups is 7.